The molecule has 0 saturated heterocycles. The van der Waals surface area contributed by atoms with E-state index in [4.69, 9.17) is 4.74 Å². The number of ether oxygens (including phenoxy) is 1. The van der Waals surface area contributed by atoms with Crippen LogP contribution in [0.1, 0.15) is 66.7 Å². The number of rotatable bonds is 11. The second-order valence-electron chi connectivity index (χ2n) is 6.65. The molecule has 2 N–H and O–H groups in total. The largest absolute Gasteiger partial charge is 0.494 e. The van der Waals surface area contributed by atoms with Crippen LogP contribution in [-0.4, -0.2) is 25.0 Å². The highest BCUT2D eigenvalue weighted by Crippen LogP contribution is 2.18. The summed E-state index contributed by atoms with van der Waals surface area (Å²) in [5.41, 5.74) is 1.45. The van der Waals surface area contributed by atoms with E-state index in [1.165, 1.54) is 25.7 Å². The molecule has 0 atom stereocenters. The van der Waals surface area contributed by atoms with E-state index in [0.29, 0.717) is 30.0 Å². The summed E-state index contributed by atoms with van der Waals surface area (Å²) in [4.78, 5) is 24.7. The Bertz CT molecular complexity index is 757. The third kappa shape index (κ3) is 6.72. The van der Waals surface area contributed by atoms with Crippen LogP contribution in [0.25, 0.3) is 0 Å². The molecule has 2 amide bonds. The second kappa shape index (κ2) is 11.8. The van der Waals surface area contributed by atoms with Crippen molar-refractivity contribution in [2.45, 2.75) is 46.0 Å². The van der Waals surface area contributed by atoms with Gasteiger partial charge >= 0.3 is 0 Å². The summed E-state index contributed by atoms with van der Waals surface area (Å²) in [6.07, 6.45) is 5.97. The van der Waals surface area contributed by atoms with E-state index >= 15 is 0 Å². The first kappa shape index (κ1) is 21.5. The molecule has 28 heavy (non-hydrogen) atoms. The Labute approximate surface area is 167 Å². The predicted octanol–water partition coefficient (Wildman–Crippen LogP) is 5.04. The fourth-order valence-electron chi connectivity index (χ4n) is 2.84. The molecule has 5 nitrogen and oxygen atoms in total. The van der Waals surface area contributed by atoms with Gasteiger partial charge in [0.15, 0.2) is 0 Å². The first-order chi connectivity index (χ1) is 13.7. The third-order valence-electron chi connectivity index (χ3n) is 4.39. The highest BCUT2D eigenvalue weighted by Gasteiger charge is 2.13. The summed E-state index contributed by atoms with van der Waals surface area (Å²) in [5, 5.41) is 5.57. The number of hydrogen-bond donors (Lipinski definition) is 2. The number of carbonyl (C=O) groups is 2. The minimum atomic E-state index is -0.261. The van der Waals surface area contributed by atoms with Gasteiger partial charge in [0.2, 0.25) is 0 Å². The van der Waals surface area contributed by atoms with E-state index in [1.54, 1.807) is 48.5 Å². The van der Waals surface area contributed by atoms with Gasteiger partial charge in [-0.3, -0.25) is 9.59 Å². The average Bonchev–Trinajstić information content (AvgIpc) is 2.71. The van der Waals surface area contributed by atoms with Crippen molar-refractivity contribution in [1.29, 1.82) is 0 Å². The first-order valence-electron chi connectivity index (χ1n) is 10.1. The highest BCUT2D eigenvalue weighted by atomic mass is 16.5. The second-order valence-corrected chi connectivity index (χ2v) is 6.65. The lowest BCUT2D eigenvalue weighted by Crippen LogP contribution is -2.24. The van der Waals surface area contributed by atoms with E-state index in [2.05, 4.69) is 17.6 Å². The van der Waals surface area contributed by atoms with Gasteiger partial charge in [-0.25, -0.2) is 0 Å². The van der Waals surface area contributed by atoms with Gasteiger partial charge in [-0.2, -0.15) is 0 Å². The van der Waals surface area contributed by atoms with Gasteiger partial charge in [-0.05, 0) is 49.7 Å². The van der Waals surface area contributed by atoms with Crippen LogP contribution in [0, 0.1) is 0 Å². The van der Waals surface area contributed by atoms with Crippen molar-refractivity contribution >= 4 is 17.5 Å². The standard InChI is InChI=1S/C23H30N2O3/c1-3-5-6-7-10-17-28-19-15-13-18(14-16-19)22(26)25-21-12-9-8-11-20(21)23(27)24-4-2/h8-9,11-16H,3-7,10,17H2,1-2H3,(H,24,27)(H,25,26). The normalized spacial score (nSPS) is 10.4. The minimum absolute atomic E-state index is 0.207. The van der Waals surface area contributed by atoms with Gasteiger partial charge < -0.3 is 15.4 Å². The van der Waals surface area contributed by atoms with Crippen molar-refractivity contribution < 1.29 is 14.3 Å². The zero-order valence-corrected chi connectivity index (χ0v) is 16.8. The smallest absolute Gasteiger partial charge is 0.255 e. The number of benzene rings is 2. The zero-order valence-electron chi connectivity index (χ0n) is 16.8. The van der Waals surface area contributed by atoms with Gasteiger partial charge in [0.05, 0.1) is 17.9 Å². The Morgan fingerprint density at radius 2 is 1.57 bits per heavy atom. The van der Waals surface area contributed by atoms with Crippen LogP contribution in [0.5, 0.6) is 5.75 Å². The maximum atomic E-state index is 12.5. The molecule has 0 aliphatic carbocycles. The number of nitrogens with one attached hydrogen (secondary N) is 2. The van der Waals surface area contributed by atoms with Crippen molar-refractivity contribution in [3.8, 4) is 5.75 Å². The molecule has 0 spiro atoms. The quantitative estimate of drug-likeness (QED) is 0.535. The van der Waals surface area contributed by atoms with Crippen LogP contribution in [0.2, 0.25) is 0 Å². The summed E-state index contributed by atoms with van der Waals surface area (Å²) >= 11 is 0. The molecule has 0 unspecified atom stereocenters. The van der Waals surface area contributed by atoms with E-state index in [0.717, 1.165) is 12.2 Å². The molecule has 0 aliphatic rings. The van der Waals surface area contributed by atoms with E-state index < -0.39 is 0 Å². The molecule has 0 heterocycles. The third-order valence-corrected chi connectivity index (χ3v) is 4.39. The van der Waals surface area contributed by atoms with Crippen LogP contribution >= 0.6 is 0 Å². The van der Waals surface area contributed by atoms with Crippen molar-refractivity contribution in [3.05, 3.63) is 59.7 Å². The number of hydrogen-bond acceptors (Lipinski definition) is 3. The van der Waals surface area contributed by atoms with Crippen molar-refractivity contribution in [2.24, 2.45) is 0 Å². The van der Waals surface area contributed by atoms with Gasteiger partial charge in [0.25, 0.3) is 11.8 Å². The summed E-state index contributed by atoms with van der Waals surface area (Å²) in [6, 6.07) is 14.0. The van der Waals surface area contributed by atoms with E-state index in [-0.39, 0.29) is 11.8 Å². The SMILES string of the molecule is CCCCCCCOc1ccc(C(=O)Nc2ccccc2C(=O)NCC)cc1. The lowest BCUT2D eigenvalue weighted by atomic mass is 10.1. The maximum Gasteiger partial charge on any atom is 0.255 e. The van der Waals surface area contributed by atoms with Gasteiger partial charge in [0.1, 0.15) is 5.75 Å². The van der Waals surface area contributed by atoms with Gasteiger partial charge in [0, 0.05) is 12.1 Å². The minimum Gasteiger partial charge on any atom is -0.494 e. The molecule has 0 fully saturated rings. The summed E-state index contributed by atoms with van der Waals surface area (Å²) in [7, 11) is 0. The number of carbonyl (C=O) groups excluding carboxylic acids is 2. The van der Waals surface area contributed by atoms with Crippen LogP contribution in [-0.2, 0) is 0 Å². The zero-order chi connectivity index (χ0) is 20.2. The van der Waals surface area contributed by atoms with Crippen molar-refractivity contribution in [2.75, 3.05) is 18.5 Å². The van der Waals surface area contributed by atoms with Gasteiger partial charge in [-0.1, -0.05) is 44.7 Å². The molecule has 0 aromatic heterocycles. The number of para-hydroxylation sites is 1. The topological polar surface area (TPSA) is 67.4 Å². The molecule has 150 valence electrons. The fourth-order valence-corrected chi connectivity index (χ4v) is 2.84. The number of unbranched alkanes of at least 4 members (excludes halogenated alkanes) is 4. The Hall–Kier alpha value is -2.82. The summed E-state index contributed by atoms with van der Waals surface area (Å²) in [6.45, 7) is 5.27. The Morgan fingerprint density at radius 1 is 0.857 bits per heavy atom. The lowest BCUT2D eigenvalue weighted by Gasteiger charge is -2.11. The summed E-state index contributed by atoms with van der Waals surface area (Å²) < 4.78 is 5.73. The Kier molecular flexibility index (Phi) is 9.05. The van der Waals surface area contributed by atoms with Crippen LogP contribution in [0.4, 0.5) is 5.69 Å². The Balaban J connectivity index is 1.91. The van der Waals surface area contributed by atoms with Crippen molar-refractivity contribution in [1.82, 2.24) is 5.32 Å². The molecular formula is C23H30N2O3. The lowest BCUT2D eigenvalue weighted by molar-refractivity contribution is 0.0956. The highest BCUT2D eigenvalue weighted by molar-refractivity contribution is 6.09. The van der Waals surface area contributed by atoms with Crippen LogP contribution in [0.15, 0.2) is 48.5 Å². The Morgan fingerprint density at radius 3 is 2.29 bits per heavy atom. The molecule has 2 aromatic carbocycles. The van der Waals surface area contributed by atoms with Crippen LogP contribution < -0.4 is 15.4 Å². The fraction of sp³-hybridized carbons (Fsp3) is 0.391. The molecule has 0 saturated carbocycles. The maximum absolute atomic E-state index is 12.5. The van der Waals surface area contributed by atoms with E-state index in [1.807, 2.05) is 6.92 Å². The molecule has 2 rings (SSSR count). The number of amides is 2. The predicted molar refractivity (Wildman–Crippen MR) is 113 cm³/mol. The van der Waals surface area contributed by atoms with Crippen molar-refractivity contribution in [3.63, 3.8) is 0 Å². The van der Waals surface area contributed by atoms with E-state index in [9.17, 15) is 9.59 Å². The number of anilines is 1. The monoisotopic (exact) mass is 382 g/mol. The summed E-state index contributed by atoms with van der Waals surface area (Å²) in [5.74, 6) is 0.290. The molecule has 0 radical (unpaired) electrons. The average molecular weight is 383 g/mol. The molecule has 2 aromatic rings. The first-order valence-corrected chi connectivity index (χ1v) is 10.1. The molecule has 0 aliphatic heterocycles. The van der Waals surface area contributed by atoms with Crippen LogP contribution in [0.3, 0.4) is 0 Å². The van der Waals surface area contributed by atoms with Gasteiger partial charge in [-0.15, -0.1) is 0 Å². The molecule has 5 heteroatoms. The molecular weight excluding hydrogens is 352 g/mol. The molecule has 0 bridgehead atoms.